The molecule has 1 aromatic rings. The summed E-state index contributed by atoms with van der Waals surface area (Å²) in [7, 11) is 1.90. The van der Waals surface area contributed by atoms with Crippen LogP contribution in [0, 0.1) is 0 Å². The van der Waals surface area contributed by atoms with Crippen LogP contribution in [-0.2, 0) is 7.05 Å². The van der Waals surface area contributed by atoms with Gasteiger partial charge in [-0.05, 0) is 23.3 Å². The average molecular weight is 168 g/mol. The van der Waals surface area contributed by atoms with Gasteiger partial charge < -0.3 is 0 Å². The third-order valence-corrected chi connectivity index (χ3v) is 2.15. The summed E-state index contributed by atoms with van der Waals surface area (Å²) in [5, 5.41) is 11.5. The van der Waals surface area contributed by atoms with Crippen LogP contribution < -0.4 is 0 Å². The van der Waals surface area contributed by atoms with Gasteiger partial charge in [-0.15, -0.1) is 5.10 Å². The molecule has 0 aromatic carbocycles. The molecule has 12 heavy (non-hydrogen) atoms. The SMILES string of the molecule is CCCC(CC)c1nnnn1C. The Morgan fingerprint density at radius 1 is 1.42 bits per heavy atom. The van der Waals surface area contributed by atoms with Gasteiger partial charge in [0.2, 0.25) is 0 Å². The van der Waals surface area contributed by atoms with Gasteiger partial charge in [0, 0.05) is 13.0 Å². The highest BCUT2D eigenvalue weighted by atomic mass is 15.5. The minimum atomic E-state index is 0.523. The molecular formula is C8H16N4. The Balaban J connectivity index is 2.72. The standard InChI is InChI=1S/C8H16N4/c1-4-6-7(5-2)8-9-10-11-12(8)3/h7H,4-6H2,1-3H3. The first-order chi connectivity index (χ1) is 5.79. The molecule has 0 aliphatic heterocycles. The molecule has 0 saturated carbocycles. The quantitative estimate of drug-likeness (QED) is 0.684. The predicted molar refractivity (Wildman–Crippen MR) is 46.7 cm³/mol. The van der Waals surface area contributed by atoms with Gasteiger partial charge in [-0.2, -0.15) is 0 Å². The van der Waals surface area contributed by atoms with Crippen molar-refractivity contribution in [2.75, 3.05) is 0 Å². The molecule has 0 amide bonds. The van der Waals surface area contributed by atoms with Gasteiger partial charge >= 0.3 is 0 Å². The topological polar surface area (TPSA) is 43.6 Å². The van der Waals surface area contributed by atoms with Crippen LogP contribution in [0.25, 0.3) is 0 Å². The van der Waals surface area contributed by atoms with Crippen molar-refractivity contribution >= 4 is 0 Å². The fourth-order valence-corrected chi connectivity index (χ4v) is 1.45. The summed E-state index contributed by atoms with van der Waals surface area (Å²) in [4.78, 5) is 0. The molecule has 1 aromatic heterocycles. The summed E-state index contributed by atoms with van der Waals surface area (Å²) in [6.07, 6.45) is 3.47. The number of nitrogens with zero attached hydrogens (tertiary/aromatic N) is 4. The fourth-order valence-electron chi connectivity index (χ4n) is 1.45. The Labute approximate surface area is 73.0 Å². The summed E-state index contributed by atoms with van der Waals surface area (Å²) in [5.41, 5.74) is 0. The monoisotopic (exact) mass is 168 g/mol. The van der Waals surface area contributed by atoms with Crippen molar-refractivity contribution in [3.8, 4) is 0 Å². The number of aryl methyl sites for hydroxylation is 1. The van der Waals surface area contributed by atoms with E-state index in [1.807, 2.05) is 7.05 Å². The molecule has 1 rings (SSSR count). The lowest BCUT2D eigenvalue weighted by atomic mass is 10.0. The van der Waals surface area contributed by atoms with E-state index in [2.05, 4.69) is 29.4 Å². The van der Waals surface area contributed by atoms with Crippen LogP contribution in [0.5, 0.6) is 0 Å². The van der Waals surface area contributed by atoms with Crippen molar-refractivity contribution in [2.24, 2.45) is 7.05 Å². The Morgan fingerprint density at radius 2 is 2.17 bits per heavy atom. The van der Waals surface area contributed by atoms with E-state index in [1.165, 1.54) is 12.8 Å². The first-order valence-electron chi connectivity index (χ1n) is 4.51. The smallest absolute Gasteiger partial charge is 0.153 e. The molecule has 0 aliphatic carbocycles. The van der Waals surface area contributed by atoms with Gasteiger partial charge in [0.25, 0.3) is 0 Å². The second-order valence-electron chi connectivity index (χ2n) is 3.05. The Kier molecular flexibility index (Phi) is 3.19. The number of rotatable bonds is 4. The maximum atomic E-state index is 4.01. The molecule has 4 nitrogen and oxygen atoms in total. The van der Waals surface area contributed by atoms with E-state index in [0.717, 1.165) is 12.2 Å². The zero-order valence-electron chi connectivity index (χ0n) is 7.99. The molecule has 0 saturated heterocycles. The summed E-state index contributed by atoms with van der Waals surface area (Å²) in [6.45, 7) is 4.36. The maximum absolute atomic E-state index is 4.01. The summed E-state index contributed by atoms with van der Waals surface area (Å²) < 4.78 is 1.77. The number of tetrazole rings is 1. The summed E-state index contributed by atoms with van der Waals surface area (Å²) in [5.74, 6) is 1.54. The number of hydrogen-bond acceptors (Lipinski definition) is 3. The first-order valence-corrected chi connectivity index (χ1v) is 4.51. The Bertz CT molecular complexity index is 231. The van der Waals surface area contributed by atoms with Gasteiger partial charge in [0.1, 0.15) is 0 Å². The Hall–Kier alpha value is -0.930. The molecule has 0 aliphatic rings. The third-order valence-electron chi connectivity index (χ3n) is 2.15. The molecule has 0 fully saturated rings. The van der Waals surface area contributed by atoms with Crippen LogP contribution in [0.4, 0.5) is 0 Å². The van der Waals surface area contributed by atoms with Crippen molar-refractivity contribution in [3.05, 3.63) is 5.82 Å². The van der Waals surface area contributed by atoms with E-state index in [9.17, 15) is 0 Å². The van der Waals surface area contributed by atoms with Crippen LogP contribution in [0.2, 0.25) is 0 Å². The van der Waals surface area contributed by atoms with Crippen molar-refractivity contribution < 1.29 is 0 Å². The van der Waals surface area contributed by atoms with Gasteiger partial charge in [0.05, 0.1) is 0 Å². The first kappa shape index (κ1) is 9.16. The van der Waals surface area contributed by atoms with Crippen molar-refractivity contribution in [1.82, 2.24) is 20.2 Å². The fraction of sp³-hybridized carbons (Fsp3) is 0.875. The highest BCUT2D eigenvalue weighted by Gasteiger charge is 2.13. The minimum Gasteiger partial charge on any atom is -0.232 e. The van der Waals surface area contributed by atoms with Gasteiger partial charge in [-0.1, -0.05) is 20.3 Å². The van der Waals surface area contributed by atoms with E-state index in [0.29, 0.717) is 5.92 Å². The zero-order chi connectivity index (χ0) is 8.97. The maximum Gasteiger partial charge on any atom is 0.153 e. The Morgan fingerprint density at radius 3 is 2.58 bits per heavy atom. The molecule has 68 valence electrons. The molecule has 0 N–H and O–H groups in total. The molecule has 0 bridgehead atoms. The lowest BCUT2D eigenvalue weighted by Gasteiger charge is -2.10. The number of aromatic nitrogens is 4. The van der Waals surface area contributed by atoms with Crippen molar-refractivity contribution in [3.63, 3.8) is 0 Å². The van der Waals surface area contributed by atoms with E-state index < -0.39 is 0 Å². The van der Waals surface area contributed by atoms with E-state index in [1.54, 1.807) is 4.68 Å². The van der Waals surface area contributed by atoms with E-state index >= 15 is 0 Å². The molecule has 4 heteroatoms. The zero-order valence-corrected chi connectivity index (χ0v) is 7.99. The average Bonchev–Trinajstić information content (AvgIpc) is 2.47. The predicted octanol–water partition coefficient (Wildman–Crippen LogP) is 1.50. The second kappa shape index (κ2) is 4.18. The molecule has 0 radical (unpaired) electrons. The molecule has 0 spiro atoms. The minimum absolute atomic E-state index is 0.523. The van der Waals surface area contributed by atoms with Crippen LogP contribution in [0.15, 0.2) is 0 Å². The van der Waals surface area contributed by atoms with E-state index in [4.69, 9.17) is 0 Å². The molecule has 1 unspecified atom stereocenters. The highest BCUT2D eigenvalue weighted by molar-refractivity contribution is 4.91. The third kappa shape index (κ3) is 1.81. The lowest BCUT2D eigenvalue weighted by Crippen LogP contribution is -2.06. The summed E-state index contributed by atoms with van der Waals surface area (Å²) in [6, 6.07) is 0. The van der Waals surface area contributed by atoms with Crippen LogP contribution in [-0.4, -0.2) is 20.2 Å². The summed E-state index contributed by atoms with van der Waals surface area (Å²) >= 11 is 0. The van der Waals surface area contributed by atoms with E-state index in [-0.39, 0.29) is 0 Å². The van der Waals surface area contributed by atoms with Gasteiger partial charge in [0.15, 0.2) is 5.82 Å². The molecule has 1 atom stereocenters. The van der Waals surface area contributed by atoms with Crippen LogP contribution in [0.3, 0.4) is 0 Å². The molecular weight excluding hydrogens is 152 g/mol. The van der Waals surface area contributed by atoms with Gasteiger partial charge in [-0.3, -0.25) is 0 Å². The molecule has 1 heterocycles. The lowest BCUT2D eigenvalue weighted by molar-refractivity contribution is 0.531. The van der Waals surface area contributed by atoms with Gasteiger partial charge in [-0.25, -0.2) is 4.68 Å². The van der Waals surface area contributed by atoms with Crippen molar-refractivity contribution in [2.45, 2.75) is 39.0 Å². The van der Waals surface area contributed by atoms with Crippen LogP contribution >= 0.6 is 0 Å². The normalized spacial score (nSPS) is 13.2. The van der Waals surface area contributed by atoms with Crippen LogP contribution in [0.1, 0.15) is 44.9 Å². The largest absolute Gasteiger partial charge is 0.232 e. The number of hydrogen-bond donors (Lipinski definition) is 0. The van der Waals surface area contributed by atoms with Crippen molar-refractivity contribution in [1.29, 1.82) is 0 Å². The second-order valence-corrected chi connectivity index (χ2v) is 3.05. The highest BCUT2D eigenvalue weighted by Crippen LogP contribution is 2.20.